The Morgan fingerprint density at radius 3 is 1.60 bits per heavy atom. The molecule has 0 saturated heterocycles. The van der Waals surface area contributed by atoms with E-state index in [1.165, 1.54) is 54.9 Å². The lowest BCUT2D eigenvalue weighted by molar-refractivity contribution is 0.666. The standard InChI is InChI=1S/C53H40N2/c1-53(2)50-22-12-11-21-48(50)49-34-28-40-36-45(33-35-47(40)52(49)53)54(41-16-5-3-6-17-41)43-29-24-37(25-30-43)38-26-31-44(32-27-38)55(42-18-7-4-8-19-42)51-23-13-15-39-14-9-10-20-46(39)51/h3-36H,1-2H3. The van der Waals surface area contributed by atoms with E-state index >= 15 is 0 Å². The molecule has 1 aliphatic rings. The summed E-state index contributed by atoms with van der Waals surface area (Å²) < 4.78 is 0. The largest absolute Gasteiger partial charge is 0.310 e. The fourth-order valence-electron chi connectivity index (χ4n) is 8.79. The second-order valence-corrected chi connectivity index (χ2v) is 15.0. The molecule has 0 saturated carbocycles. The van der Waals surface area contributed by atoms with Gasteiger partial charge in [-0.25, -0.2) is 0 Å². The first-order valence-corrected chi connectivity index (χ1v) is 19.1. The predicted molar refractivity (Wildman–Crippen MR) is 234 cm³/mol. The molecule has 9 aromatic carbocycles. The van der Waals surface area contributed by atoms with Crippen LogP contribution in [-0.2, 0) is 5.41 Å². The third kappa shape index (κ3) is 5.57. The SMILES string of the molecule is CC1(C)c2ccccc2-c2ccc3cc(N(c4ccccc4)c4ccc(-c5ccc(N(c6ccccc6)c6cccc7ccccc67)cc5)cc4)ccc3c21. The minimum Gasteiger partial charge on any atom is -0.310 e. The second kappa shape index (κ2) is 13.2. The molecule has 0 bridgehead atoms. The van der Waals surface area contributed by atoms with Gasteiger partial charge in [0.05, 0.1) is 5.69 Å². The van der Waals surface area contributed by atoms with Crippen LogP contribution in [0.2, 0.25) is 0 Å². The Morgan fingerprint density at radius 2 is 0.891 bits per heavy atom. The Labute approximate surface area is 323 Å². The maximum atomic E-state index is 2.36. The van der Waals surface area contributed by atoms with Gasteiger partial charge in [-0.3, -0.25) is 0 Å². The Balaban J connectivity index is 0.999. The van der Waals surface area contributed by atoms with Crippen LogP contribution in [0.4, 0.5) is 34.1 Å². The molecule has 0 N–H and O–H groups in total. The lowest BCUT2D eigenvalue weighted by Gasteiger charge is -2.27. The molecule has 55 heavy (non-hydrogen) atoms. The van der Waals surface area contributed by atoms with E-state index in [4.69, 9.17) is 0 Å². The van der Waals surface area contributed by atoms with E-state index in [0.717, 1.165) is 34.1 Å². The molecule has 0 fully saturated rings. The lowest BCUT2D eigenvalue weighted by Crippen LogP contribution is -2.15. The highest BCUT2D eigenvalue weighted by atomic mass is 15.1. The number of benzene rings is 9. The van der Waals surface area contributed by atoms with Crippen molar-refractivity contribution in [3.63, 3.8) is 0 Å². The summed E-state index contributed by atoms with van der Waals surface area (Å²) in [4.78, 5) is 4.71. The minimum absolute atomic E-state index is 0.0597. The van der Waals surface area contributed by atoms with Crippen LogP contribution in [0.5, 0.6) is 0 Å². The highest BCUT2D eigenvalue weighted by Gasteiger charge is 2.36. The van der Waals surface area contributed by atoms with E-state index in [2.05, 4.69) is 230 Å². The van der Waals surface area contributed by atoms with Gasteiger partial charge in [0.15, 0.2) is 0 Å². The summed E-state index contributed by atoms with van der Waals surface area (Å²) in [6.07, 6.45) is 0. The molecule has 0 unspecified atom stereocenters. The zero-order chi connectivity index (χ0) is 36.9. The average Bonchev–Trinajstić information content (AvgIpc) is 3.48. The second-order valence-electron chi connectivity index (χ2n) is 15.0. The highest BCUT2D eigenvalue weighted by molar-refractivity contribution is 6.00. The van der Waals surface area contributed by atoms with E-state index in [0.29, 0.717) is 0 Å². The first kappa shape index (κ1) is 32.7. The molecule has 0 amide bonds. The number of hydrogen-bond acceptors (Lipinski definition) is 2. The number of anilines is 6. The quantitative estimate of drug-likeness (QED) is 0.163. The van der Waals surface area contributed by atoms with Crippen molar-refractivity contribution in [1.82, 2.24) is 0 Å². The molecule has 0 heterocycles. The van der Waals surface area contributed by atoms with Crippen molar-refractivity contribution in [2.45, 2.75) is 19.3 Å². The summed E-state index contributed by atoms with van der Waals surface area (Å²) in [5.41, 5.74) is 14.6. The van der Waals surface area contributed by atoms with Crippen molar-refractivity contribution in [3.8, 4) is 22.3 Å². The number of fused-ring (bicyclic) bond motifs is 6. The van der Waals surface area contributed by atoms with E-state index in [1.54, 1.807) is 0 Å². The van der Waals surface area contributed by atoms with Gasteiger partial charge in [0.2, 0.25) is 0 Å². The van der Waals surface area contributed by atoms with Gasteiger partial charge >= 0.3 is 0 Å². The van der Waals surface area contributed by atoms with Crippen molar-refractivity contribution in [2.75, 3.05) is 9.80 Å². The Kier molecular flexibility index (Phi) is 7.85. The van der Waals surface area contributed by atoms with E-state index < -0.39 is 0 Å². The molecule has 262 valence electrons. The monoisotopic (exact) mass is 704 g/mol. The maximum absolute atomic E-state index is 2.36. The summed E-state index contributed by atoms with van der Waals surface area (Å²) in [5.74, 6) is 0. The van der Waals surface area contributed by atoms with Crippen molar-refractivity contribution in [2.24, 2.45) is 0 Å². The first-order chi connectivity index (χ1) is 27.0. The van der Waals surface area contributed by atoms with Crippen LogP contribution >= 0.6 is 0 Å². The number of para-hydroxylation sites is 2. The third-order valence-corrected chi connectivity index (χ3v) is 11.4. The average molecular weight is 705 g/mol. The van der Waals surface area contributed by atoms with Gasteiger partial charge in [-0.1, -0.05) is 153 Å². The zero-order valence-electron chi connectivity index (χ0n) is 31.0. The Bertz CT molecular complexity index is 2820. The zero-order valence-corrected chi connectivity index (χ0v) is 31.0. The summed E-state index contributed by atoms with van der Waals surface area (Å²) in [5, 5.41) is 5.02. The molecule has 1 aliphatic carbocycles. The molecule has 0 aromatic heterocycles. The minimum atomic E-state index is -0.0597. The molecule has 0 radical (unpaired) electrons. The van der Waals surface area contributed by atoms with E-state index in [1.807, 2.05) is 0 Å². The molecule has 2 heteroatoms. The fraction of sp³-hybridized carbons (Fsp3) is 0.0566. The maximum Gasteiger partial charge on any atom is 0.0540 e. The topological polar surface area (TPSA) is 6.48 Å². The Morgan fingerprint density at radius 1 is 0.345 bits per heavy atom. The number of nitrogens with zero attached hydrogens (tertiary/aromatic N) is 2. The van der Waals surface area contributed by atoms with Crippen molar-refractivity contribution in [1.29, 1.82) is 0 Å². The molecule has 0 spiro atoms. The molecule has 10 rings (SSSR count). The van der Waals surface area contributed by atoms with Gasteiger partial charge in [0.1, 0.15) is 0 Å². The van der Waals surface area contributed by atoms with Crippen LogP contribution in [0.1, 0.15) is 25.0 Å². The van der Waals surface area contributed by atoms with Crippen LogP contribution in [0.15, 0.2) is 206 Å². The lowest BCUT2D eigenvalue weighted by atomic mass is 9.80. The fourth-order valence-corrected chi connectivity index (χ4v) is 8.79. The molecule has 2 nitrogen and oxygen atoms in total. The van der Waals surface area contributed by atoms with Gasteiger partial charge in [-0.15, -0.1) is 0 Å². The van der Waals surface area contributed by atoms with Gasteiger partial charge in [0, 0.05) is 39.2 Å². The summed E-state index contributed by atoms with van der Waals surface area (Å²) in [6, 6.07) is 74.8. The molecule has 0 aliphatic heterocycles. The summed E-state index contributed by atoms with van der Waals surface area (Å²) in [7, 11) is 0. The third-order valence-electron chi connectivity index (χ3n) is 11.4. The highest BCUT2D eigenvalue weighted by Crippen LogP contribution is 2.52. The van der Waals surface area contributed by atoms with E-state index in [-0.39, 0.29) is 5.41 Å². The normalized spacial score (nSPS) is 12.7. The molecular weight excluding hydrogens is 665 g/mol. The summed E-state index contributed by atoms with van der Waals surface area (Å²) >= 11 is 0. The van der Waals surface area contributed by atoms with E-state index in [9.17, 15) is 0 Å². The van der Waals surface area contributed by atoms with Crippen LogP contribution in [0.25, 0.3) is 43.8 Å². The molecule has 9 aromatic rings. The van der Waals surface area contributed by atoms with Crippen molar-refractivity contribution in [3.05, 3.63) is 217 Å². The van der Waals surface area contributed by atoms with Gasteiger partial charge in [-0.2, -0.15) is 0 Å². The van der Waals surface area contributed by atoms with Crippen LogP contribution < -0.4 is 9.80 Å². The smallest absolute Gasteiger partial charge is 0.0540 e. The van der Waals surface area contributed by atoms with Crippen molar-refractivity contribution >= 4 is 55.7 Å². The van der Waals surface area contributed by atoms with Gasteiger partial charge in [0.25, 0.3) is 0 Å². The molecular formula is C53H40N2. The number of rotatable bonds is 7. The van der Waals surface area contributed by atoms with Gasteiger partial charge in [-0.05, 0) is 116 Å². The van der Waals surface area contributed by atoms with Crippen LogP contribution in [-0.4, -0.2) is 0 Å². The van der Waals surface area contributed by atoms with Crippen LogP contribution in [0.3, 0.4) is 0 Å². The van der Waals surface area contributed by atoms with Gasteiger partial charge < -0.3 is 9.80 Å². The predicted octanol–water partition coefficient (Wildman–Crippen LogP) is 14.9. The Hall–Kier alpha value is -6.90. The molecule has 0 atom stereocenters. The summed E-state index contributed by atoms with van der Waals surface area (Å²) in [6.45, 7) is 4.72. The van der Waals surface area contributed by atoms with Crippen LogP contribution in [0, 0.1) is 0 Å². The van der Waals surface area contributed by atoms with Crippen molar-refractivity contribution < 1.29 is 0 Å². The first-order valence-electron chi connectivity index (χ1n) is 19.1. The number of hydrogen-bond donors (Lipinski definition) is 0.